The quantitative estimate of drug-likeness (QED) is 0.182. The van der Waals surface area contributed by atoms with E-state index in [2.05, 4.69) is 11.9 Å². The Bertz CT molecular complexity index is 1240. The van der Waals surface area contributed by atoms with Gasteiger partial charge in [-0.3, -0.25) is 14.6 Å². The molecule has 2 aromatic carbocycles. The van der Waals surface area contributed by atoms with Gasteiger partial charge in [-0.05, 0) is 60.9 Å². The molecule has 1 unspecified atom stereocenters. The predicted molar refractivity (Wildman–Crippen MR) is 137 cm³/mol. The molecule has 1 saturated heterocycles. The van der Waals surface area contributed by atoms with Crippen LogP contribution < -0.4 is 9.47 Å². The zero-order valence-corrected chi connectivity index (χ0v) is 20.5. The maximum absolute atomic E-state index is 13.3. The number of ether oxygens (including phenoxy) is 2. The first-order valence-electron chi connectivity index (χ1n) is 12.2. The highest BCUT2D eigenvalue weighted by atomic mass is 16.5. The van der Waals surface area contributed by atoms with Crippen LogP contribution in [0, 0.1) is 0 Å². The molecule has 3 aromatic rings. The summed E-state index contributed by atoms with van der Waals surface area (Å²) in [5, 5.41) is 11.3. The molecule has 1 N–H and O–H groups in total. The van der Waals surface area contributed by atoms with Crippen molar-refractivity contribution < 1.29 is 24.2 Å². The number of carbonyl (C=O) groups excluding carboxylic acids is 2. The van der Waals surface area contributed by atoms with Crippen LogP contribution >= 0.6 is 0 Å². The van der Waals surface area contributed by atoms with Crippen molar-refractivity contribution in [3.63, 3.8) is 0 Å². The number of unbranched alkanes of at least 4 members (excludes halogenated alkanes) is 1. The monoisotopic (exact) mass is 486 g/mol. The molecule has 186 valence electrons. The lowest BCUT2D eigenvalue weighted by atomic mass is 9.95. The van der Waals surface area contributed by atoms with Gasteiger partial charge in [0, 0.05) is 24.5 Å². The third-order valence-corrected chi connectivity index (χ3v) is 6.02. The Balaban J connectivity index is 1.77. The SMILES string of the molecule is CCCCOc1cccc(C(O)=C2C(=O)C(=O)N(Cc3ccncc3)C2c2ccc(OCC)cc2)c1. The highest BCUT2D eigenvalue weighted by Crippen LogP contribution is 2.41. The molecule has 0 aliphatic carbocycles. The molecule has 1 aliphatic heterocycles. The van der Waals surface area contributed by atoms with E-state index in [-0.39, 0.29) is 17.9 Å². The van der Waals surface area contributed by atoms with E-state index in [1.165, 1.54) is 4.90 Å². The first-order valence-corrected chi connectivity index (χ1v) is 12.2. The van der Waals surface area contributed by atoms with E-state index >= 15 is 0 Å². The van der Waals surface area contributed by atoms with Gasteiger partial charge in [0.15, 0.2) is 0 Å². The minimum Gasteiger partial charge on any atom is -0.507 e. The maximum Gasteiger partial charge on any atom is 0.295 e. The first kappa shape index (κ1) is 25.0. The van der Waals surface area contributed by atoms with Gasteiger partial charge in [-0.15, -0.1) is 0 Å². The molecule has 1 aliphatic rings. The van der Waals surface area contributed by atoms with E-state index in [9.17, 15) is 14.7 Å². The molecule has 1 aromatic heterocycles. The normalized spacial score (nSPS) is 16.8. The molecule has 36 heavy (non-hydrogen) atoms. The molecule has 1 atom stereocenters. The molecule has 0 bridgehead atoms. The van der Waals surface area contributed by atoms with Crippen molar-refractivity contribution in [1.29, 1.82) is 0 Å². The third-order valence-electron chi connectivity index (χ3n) is 6.02. The Labute approximate surface area is 211 Å². The van der Waals surface area contributed by atoms with E-state index in [0.29, 0.717) is 35.8 Å². The summed E-state index contributed by atoms with van der Waals surface area (Å²) >= 11 is 0. The van der Waals surface area contributed by atoms with Crippen LogP contribution in [-0.2, 0) is 16.1 Å². The number of nitrogens with zero attached hydrogens (tertiary/aromatic N) is 2. The van der Waals surface area contributed by atoms with Gasteiger partial charge in [0.1, 0.15) is 17.3 Å². The fourth-order valence-corrected chi connectivity index (χ4v) is 4.21. The van der Waals surface area contributed by atoms with Gasteiger partial charge in [0.25, 0.3) is 11.7 Å². The average molecular weight is 487 g/mol. The van der Waals surface area contributed by atoms with Crippen LogP contribution in [0.5, 0.6) is 11.5 Å². The minimum absolute atomic E-state index is 0.0453. The number of carbonyl (C=O) groups is 2. The second-order valence-corrected chi connectivity index (χ2v) is 8.51. The van der Waals surface area contributed by atoms with Gasteiger partial charge >= 0.3 is 0 Å². The maximum atomic E-state index is 13.3. The number of aromatic nitrogens is 1. The Morgan fingerprint density at radius 1 is 0.972 bits per heavy atom. The smallest absolute Gasteiger partial charge is 0.295 e. The van der Waals surface area contributed by atoms with Crippen LogP contribution in [-0.4, -0.2) is 39.9 Å². The van der Waals surface area contributed by atoms with Crippen molar-refractivity contribution in [3.05, 3.63) is 95.3 Å². The highest BCUT2D eigenvalue weighted by Gasteiger charge is 2.46. The van der Waals surface area contributed by atoms with Gasteiger partial charge in [0.05, 0.1) is 24.8 Å². The van der Waals surface area contributed by atoms with E-state index < -0.39 is 17.7 Å². The number of aliphatic hydroxyl groups is 1. The van der Waals surface area contributed by atoms with Gasteiger partial charge < -0.3 is 19.5 Å². The molecular weight excluding hydrogens is 456 g/mol. The van der Waals surface area contributed by atoms with Crippen molar-refractivity contribution >= 4 is 17.4 Å². The summed E-state index contributed by atoms with van der Waals surface area (Å²) < 4.78 is 11.3. The zero-order valence-electron chi connectivity index (χ0n) is 20.5. The molecule has 0 radical (unpaired) electrons. The summed E-state index contributed by atoms with van der Waals surface area (Å²) in [5.74, 6) is -0.342. The summed E-state index contributed by atoms with van der Waals surface area (Å²) in [5.41, 5.74) is 1.99. The second kappa shape index (κ2) is 11.5. The minimum atomic E-state index is -0.765. The summed E-state index contributed by atoms with van der Waals surface area (Å²) in [6.45, 7) is 5.26. The lowest BCUT2D eigenvalue weighted by Crippen LogP contribution is -2.29. The number of amides is 1. The van der Waals surface area contributed by atoms with Crippen molar-refractivity contribution in [1.82, 2.24) is 9.88 Å². The molecule has 0 saturated carbocycles. The number of hydrogen-bond acceptors (Lipinski definition) is 6. The van der Waals surface area contributed by atoms with Crippen LogP contribution in [0.15, 0.2) is 78.6 Å². The van der Waals surface area contributed by atoms with Gasteiger partial charge in [-0.1, -0.05) is 37.6 Å². The van der Waals surface area contributed by atoms with Crippen LogP contribution in [0.25, 0.3) is 5.76 Å². The Hall–Kier alpha value is -4.13. The zero-order chi connectivity index (χ0) is 25.5. The lowest BCUT2D eigenvalue weighted by molar-refractivity contribution is -0.140. The van der Waals surface area contributed by atoms with Crippen molar-refractivity contribution in [2.75, 3.05) is 13.2 Å². The van der Waals surface area contributed by atoms with Crippen molar-refractivity contribution in [2.45, 2.75) is 39.3 Å². The summed E-state index contributed by atoms with van der Waals surface area (Å²) in [6.07, 6.45) is 5.19. The number of aliphatic hydroxyl groups excluding tert-OH is 1. The number of ketones is 1. The van der Waals surface area contributed by atoms with Gasteiger partial charge in [-0.2, -0.15) is 0 Å². The third kappa shape index (κ3) is 5.40. The van der Waals surface area contributed by atoms with Crippen LogP contribution in [0.1, 0.15) is 49.4 Å². The highest BCUT2D eigenvalue weighted by molar-refractivity contribution is 6.46. The molecule has 1 amide bonds. The van der Waals surface area contributed by atoms with Crippen LogP contribution in [0.3, 0.4) is 0 Å². The summed E-state index contributed by atoms with van der Waals surface area (Å²) in [4.78, 5) is 32.0. The molecule has 0 spiro atoms. The van der Waals surface area contributed by atoms with E-state index in [1.54, 1.807) is 60.9 Å². The standard InChI is InChI=1S/C29H30N2O5/c1-3-5-17-36-24-8-6-7-22(18-24)27(32)25-26(21-9-11-23(12-10-21)35-4-2)31(29(34)28(25)33)19-20-13-15-30-16-14-20/h6-16,18,26,32H,3-5,17,19H2,1-2H3. The second-order valence-electron chi connectivity index (χ2n) is 8.51. The molecule has 7 heteroatoms. The Morgan fingerprint density at radius 3 is 2.42 bits per heavy atom. The molecule has 2 heterocycles. The number of likely N-dealkylation sites (tertiary alicyclic amines) is 1. The fourth-order valence-electron chi connectivity index (χ4n) is 4.21. The largest absolute Gasteiger partial charge is 0.507 e. The number of Topliss-reactive ketones (excluding diaryl/α,β-unsaturated/α-hetero) is 1. The number of hydrogen-bond donors (Lipinski definition) is 1. The molecule has 4 rings (SSSR count). The number of benzene rings is 2. The topological polar surface area (TPSA) is 89.0 Å². The number of pyridine rings is 1. The first-order chi connectivity index (χ1) is 17.5. The Morgan fingerprint density at radius 2 is 1.72 bits per heavy atom. The molecular formula is C29H30N2O5. The van der Waals surface area contributed by atoms with Crippen molar-refractivity contribution in [3.8, 4) is 11.5 Å². The number of rotatable bonds is 10. The van der Waals surface area contributed by atoms with Crippen LogP contribution in [0.2, 0.25) is 0 Å². The van der Waals surface area contributed by atoms with Gasteiger partial charge in [0.2, 0.25) is 0 Å². The van der Waals surface area contributed by atoms with Crippen molar-refractivity contribution in [2.24, 2.45) is 0 Å². The fraction of sp³-hybridized carbons (Fsp3) is 0.276. The molecule has 1 fully saturated rings. The van der Waals surface area contributed by atoms with Crippen LogP contribution in [0.4, 0.5) is 0 Å². The summed E-state index contributed by atoms with van der Waals surface area (Å²) in [7, 11) is 0. The van der Waals surface area contributed by atoms with Gasteiger partial charge in [-0.25, -0.2) is 0 Å². The van der Waals surface area contributed by atoms with E-state index in [0.717, 1.165) is 18.4 Å². The summed E-state index contributed by atoms with van der Waals surface area (Å²) in [6, 6.07) is 17.0. The Kier molecular flexibility index (Phi) is 8.00. The lowest BCUT2D eigenvalue weighted by Gasteiger charge is -2.25. The predicted octanol–water partition coefficient (Wildman–Crippen LogP) is 5.28. The van der Waals surface area contributed by atoms with E-state index in [1.807, 2.05) is 19.1 Å². The molecule has 7 nitrogen and oxygen atoms in total. The average Bonchev–Trinajstić information content (AvgIpc) is 3.15. The van der Waals surface area contributed by atoms with E-state index in [4.69, 9.17) is 9.47 Å².